The van der Waals surface area contributed by atoms with Crippen LogP contribution in [0, 0.1) is 6.92 Å². The number of methoxy groups -OCH3 is 1. The van der Waals surface area contributed by atoms with E-state index >= 15 is 0 Å². The highest BCUT2D eigenvalue weighted by atomic mass is 79.9. The van der Waals surface area contributed by atoms with Crippen LogP contribution in [-0.2, 0) is 0 Å². The van der Waals surface area contributed by atoms with Crippen LogP contribution in [0.1, 0.15) is 5.56 Å². The average Bonchev–Trinajstić information content (AvgIpc) is 2.78. The second kappa shape index (κ2) is 4.21. The zero-order valence-corrected chi connectivity index (χ0v) is 13.2. The molecule has 0 aliphatic carbocycles. The number of pyridine rings is 1. The van der Waals surface area contributed by atoms with Crippen molar-refractivity contribution in [1.29, 1.82) is 0 Å². The lowest BCUT2D eigenvalue weighted by Gasteiger charge is -2.05. The van der Waals surface area contributed by atoms with E-state index in [2.05, 4.69) is 32.5 Å². The third-order valence-electron chi connectivity index (χ3n) is 3.99. The Kier molecular flexibility index (Phi) is 2.54. The molecule has 0 saturated heterocycles. The summed E-state index contributed by atoms with van der Waals surface area (Å²) in [5.74, 6) is 0.708. The van der Waals surface area contributed by atoms with E-state index in [1.165, 1.54) is 0 Å². The second-order valence-corrected chi connectivity index (χ2v) is 6.16. The van der Waals surface area contributed by atoms with Crippen molar-refractivity contribution in [3.8, 4) is 5.75 Å². The van der Waals surface area contributed by atoms with Crippen molar-refractivity contribution in [3.05, 3.63) is 56.8 Å². The van der Waals surface area contributed by atoms with E-state index in [1.807, 2.05) is 31.3 Å². The zero-order valence-electron chi connectivity index (χ0n) is 11.6. The van der Waals surface area contributed by atoms with Gasteiger partial charge < -0.3 is 9.14 Å². The summed E-state index contributed by atoms with van der Waals surface area (Å²) in [6.07, 6.45) is 1.92. The van der Waals surface area contributed by atoms with Crippen LogP contribution in [0.5, 0.6) is 5.75 Å². The molecule has 104 valence electrons. The molecule has 0 aliphatic heterocycles. The molecule has 4 rings (SSSR count). The molecular formula is C17H12BrNO2. The quantitative estimate of drug-likeness (QED) is 0.521. The lowest BCUT2D eigenvalue weighted by Crippen LogP contribution is -2.08. The first kappa shape index (κ1) is 12.7. The molecule has 0 fully saturated rings. The highest BCUT2D eigenvalue weighted by molar-refractivity contribution is 9.10. The van der Waals surface area contributed by atoms with E-state index in [1.54, 1.807) is 7.11 Å². The lowest BCUT2D eigenvalue weighted by atomic mass is 10.1. The standard InChI is InChI=1S/C17H12BrNO2/c1-9-8-19-15-4-3-10(18)5-12(15)13-6-11(21-2)7-14(16(13)19)17(9)20/h3-8H,1-2H3. The molecule has 0 atom stereocenters. The van der Waals surface area contributed by atoms with Crippen LogP contribution in [0.15, 0.2) is 45.8 Å². The van der Waals surface area contributed by atoms with Gasteiger partial charge >= 0.3 is 0 Å². The molecule has 0 unspecified atom stereocenters. The van der Waals surface area contributed by atoms with Gasteiger partial charge in [-0.2, -0.15) is 0 Å². The van der Waals surface area contributed by atoms with Gasteiger partial charge in [-0.3, -0.25) is 4.79 Å². The van der Waals surface area contributed by atoms with Crippen LogP contribution in [0.25, 0.3) is 27.2 Å². The number of nitrogens with zero attached hydrogens (tertiary/aromatic N) is 1. The molecule has 4 aromatic rings. The molecule has 4 heteroatoms. The summed E-state index contributed by atoms with van der Waals surface area (Å²) in [6.45, 7) is 1.85. The fraction of sp³-hybridized carbons (Fsp3) is 0.118. The molecule has 0 radical (unpaired) electrons. The molecule has 0 spiro atoms. The van der Waals surface area contributed by atoms with Crippen molar-refractivity contribution in [1.82, 2.24) is 4.40 Å². The number of rotatable bonds is 1. The third kappa shape index (κ3) is 1.62. The second-order valence-electron chi connectivity index (χ2n) is 5.24. The Bertz CT molecular complexity index is 1070. The van der Waals surface area contributed by atoms with Gasteiger partial charge in [-0.05, 0) is 37.3 Å². The summed E-state index contributed by atoms with van der Waals surface area (Å²) < 4.78 is 8.49. The Labute approximate surface area is 129 Å². The minimum absolute atomic E-state index is 0.0632. The number of benzene rings is 2. The van der Waals surface area contributed by atoms with E-state index in [0.717, 1.165) is 31.8 Å². The first-order chi connectivity index (χ1) is 10.1. The van der Waals surface area contributed by atoms with Gasteiger partial charge in [0.2, 0.25) is 0 Å². The number of hydrogen-bond donors (Lipinski definition) is 0. The van der Waals surface area contributed by atoms with E-state index in [4.69, 9.17) is 4.74 Å². The van der Waals surface area contributed by atoms with E-state index in [9.17, 15) is 4.79 Å². The molecule has 2 aromatic carbocycles. The number of aromatic nitrogens is 1. The van der Waals surface area contributed by atoms with Gasteiger partial charge in [-0.15, -0.1) is 0 Å². The smallest absolute Gasteiger partial charge is 0.192 e. The Hall–Kier alpha value is -2.07. The van der Waals surface area contributed by atoms with Crippen LogP contribution in [0.4, 0.5) is 0 Å². The maximum absolute atomic E-state index is 12.5. The highest BCUT2D eigenvalue weighted by Gasteiger charge is 2.16. The Morgan fingerprint density at radius 1 is 1.10 bits per heavy atom. The van der Waals surface area contributed by atoms with Crippen LogP contribution in [-0.4, -0.2) is 11.5 Å². The molecule has 0 bridgehead atoms. The SMILES string of the molecule is COc1cc2c(=O)c(C)cn3c4ccc(Br)cc4c(c1)c23. The fourth-order valence-corrected chi connectivity index (χ4v) is 3.38. The molecule has 0 saturated carbocycles. The first-order valence-corrected chi connectivity index (χ1v) is 7.44. The maximum atomic E-state index is 12.5. The van der Waals surface area contributed by atoms with E-state index in [-0.39, 0.29) is 5.43 Å². The first-order valence-electron chi connectivity index (χ1n) is 6.64. The van der Waals surface area contributed by atoms with Crippen molar-refractivity contribution >= 4 is 43.1 Å². The normalized spacial score (nSPS) is 11.8. The Balaban J connectivity index is 2.41. The molecule has 0 N–H and O–H groups in total. The predicted octanol–water partition coefficient (Wildman–Crippen LogP) is 4.12. The number of halogens is 1. The lowest BCUT2D eigenvalue weighted by molar-refractivity contribution is 0.416. The van der Waals surface area contributed by atoms with Crippen molar-refractivity contribution in [2.75, 3.05) is 7.11 Å². The minimum Gasteiger partial charge on any atom is -0.497 e. The van der Waals surface area contributed by atoms with Gasteiger partial charge in [0.25, 0.3) is 0 Å². The van der Waals surface area contributed by atoms with Crippen molar-refractivity contribution in [2.45, 2.75) is 6.92 Å². The minimum atomic E-state index is 0.0632. The van der Waals surface area contributed by atoms with Crippen LogP contribution < -0.4 is 10.2 Å². The number of fused-ring (bicyclic) bond motifs is 3. The monoisotopic (exact) mass is 341 g/mol. The van der Waals surface area contributed by atoms with E-state index < -0.39 is 0 Å². The maximum Gasteiger partial charge on any atom is 0.192 e. The van der Waals surface area contributed by atoms with Gasteiger partial charge in [0, 0.05) is 27.0 Å². The number of ether oxygens (including phenoxy) is 1. The van der Waals surface area contributed by atoms with Crippen LogP contribution in [0.2, 0.25) is 0 Å². The Morgan fingerprint density at radius 3 is 2.62 bits per heavy atom. The average molecular weight is 342 g/mol. The molecule has 2 heterocycles. The molecule has 21 heavy (non-hydrogen) atoms. The summed E-state index contributed by atoms with van der Waals surface area (Å²) >= 11 is 3.52. The summed E-state index contributed by atoms with van der Waals surface area (Å²) in [4.78, 5) is 12.5. The summed E-state index contributed by atoms with van der Waals surface area (Å²) in [5, 5.41) is 2.85. The number of aryl methyl sites for hydroxylation is 1. The van der Waals surface area contributed by atoms with Gasteiger partial charge in [0.15, 0.2) is 5.43 Å². The summed E-state index contributed by atoms with van der Waals surface area (Å²) in [6, 6.07) is 9.98. The zero-order chi connectivity index (χ0) is 14.7. The van der Waals surface area contributed by atoms with Crippen LogP contribution in [0.3, 0.4) is 0 Å². The fourth-order valence-electron chi connectivity index (χ4n) is 3.02. The van der Waals surface area contributed by atoms with Gasteiger partial charge in [-0.25, -0.2) is 0 Å². The van der Waals surface area contributed by atoms with E-state index in [0.29, 0.717) is 11.1 Å². The van der Waals surface area contributed by atoms with Gasteiger partial charge in [-0.1, -0.05) is 15.9 Å². The summed E-state index contributed by atoms with van der Waals surface area (Å²) in [5.41, 5.74) is 2.85. The molecular weight excluding hydrogens is 330 g/mol. The molecule has 0 amide bonds. The summed E-state index contributed by atoms with van der Waals surface area (Å²) in [7, 11) is 1.62. The molecule has 3 nitrogen and oxygen atoms in total. The topological polar surface area (TPSA) is 30.7 Å². The number of hydrogen-bond acceptors (Lipinski definition) is 2. The predicted molar refractivity (Wildman–Crippen MR) is 88.9 cm³/mol. The highest BCUT2D eigenvalue weighted by Crippen LogP contribution is 2.35. The van der Waals surface area contributed by atoms with Gasteiger partial charge in [0.05, 0.1) is 23.5 Å². The molecule has 0 aliphatic rings. The van der Waals surface area contributed by atoms with Crippen molar-refractivity contribution in [3.63, 3.8) is 0 Å². The Morgan fingerprint density at radius 2 is 1.86 bits per heavy atom. The van der Waals surface area contributed by atoms with Crippen molar-refractivity contribution in [2.24, 2.45) is 0 Å². The van der Waals surface area contributed by atoms with Crippen molar-refractivity contribution < 1.29 is 4.74 Å². The van der Waals surface area contributed by atoms with Crippen LogP contribution >= 0.6 is 15.9 Å². The largest absolute Gasteiger partial charge is 0.497 e. The molecule has 2 aromatic heterocycles. The van der Waals surface area contributed by atoms with Gasteiger partial charge in [0.1, 0.15) is 5.75 Å². The third-order valence-corrected chi connectivity index (χ3v) is 4.49.